The second kappa shape index (κ2) is 7.41. The van der Waals surface area contributed by atoms with Gasteiger partial charge in [-0.05, 0) is 45.1 Å². The van der Waals surface area contributed by atoms with Crippen molar-refractivity contribution in [3.05, 3.63) is 11.1 Å². The maximum absolute atomic E-state index is 4.64. The van der Waals surface area contributed by atoms with E-state index in [4.69, 9.17) is 0 Å². The molecule has 1 heterocycles. The van der Waals surface area contributed by atoms with Gasteiger partial charge in [0.1, 0.15) is 0 Å². The molecule has 0 radical (unpaired) electrons. The molecule has 0 spiro atoms. The number of hydrogen-bond donors (Lipinski definition) is 1. The van der Waals surface area contributed by atoms with Crippen LogP contribution in [0.4, 0.5) is 5.13 Å². The van der Waals surface area contributed by atoms with Crippen molar-refractivity contribution >= 4 is 16.5 Å². The van der Waals surface area contributed by atoms with Crippen LogP contribution in [0.25, 0.3) is 0 Å². The SMILES string of the molecule is CCNC(C)c1cnc(N(C)C2CCC(CC)CC2)s1. The van der Waals surface area contributed by atoms with Crippen LogP contribution in [0.1, 0.15) is 63.8 Å². The smallest absolute Gasteiger partial charge is 0.185 e. The molecule has 1 fully saturated rings. The standard InChI is InChI=1S/C16H29N3S/c1-5-13-7-9-14(10-8-13)19(4)16-18-11-15(20-16)12(3)17-6-2/h11-14,17H,5-10H2,1-4H3. The fourth-order valence-electron chi connectivity index (χ4n) is 3.14. The number of aromatic nitrogens is 1. The highest BCUT2D eigenvalue weighted by atomic mass is 32.1. The third-order valence-electron chi connectivity index (χ3n) is 4.69. The molecule has 0 bridgehead atoms. The Morgan fingerprint density at radius 3 is 2.65 bits per heavy atom. The summed E-state index contributed by atoms with van der Waals surface area (Å²) in [6.07, 6.45) is 8.81. The van der Waals surface area contributed by atoms with Crippen LogP contribution in [0.3, 0.4) is 0 Å². The van der Waals surface area contributed by atoms with Gasteiger partial charge in [-0.15, -0.1) is 11.3 Å². The van der Waals surface area contributed by atoms with E-state index >= 15 is 0 Å². The molecular weight excluding hydrogens is 266 g/mol. The predicted molar refractivity (Wildman–Crippen MR) is 88.6 cm³/mol. The van der Waals surface area contributed by atoms with E-state index in [1.807, 2.05) is 17.5 Å². The van der Waals surface area contributed by atoms with E-state index in [2.05, 4.69) is 43.0 Å². The third kappa shape index (κ3) is 3.73. The first-order valence-corrected chi connectivity index (χ1v) is 8.89. The number of hydrogen-bond acceptors (Lipinski definition) is 4. The summed E-state index contributed by atoms with van der Waals surface area (Å²) in [6, 6.07) is 1.10. The van der Waals surface area contributed by atoms with Gasteiger partial charge in [0.15, 0.2) is 5.13 Å². The highest BCUT2D eigenvalue weighted by Crippen LogP contribution is 2.33. The van der Waals surface area contributed by atoms with Crippen molar-refractivity contribution in [2.75, 3.05) is 18.5 Å². The molecule has 3 nitrogen and oxygen atoms in total. The quantitative estimate of drug-likeness (QED) is 0.851. The molecule has 1 saturated carbocycles. The van der Waals surface area contributed by atoms with Crippen molar-refractivity contribution in [1.82, 2.24) is 10.3 Å². The number of nitrogens with zero attached hydrogens (tertiary/aromatic N) is 2. The summed E-state index contributed by atoms with van der Waals surface area (Å²) in [7, 11) is 2.22. The van der Waals surface area contributed by atoms with Crippen LogP contribution < -0.4 is 10.2 Å². The number of nitrogens with one attached hydrogen (secondary N) is 1. The minimum Gasteiger partial charge on any atom is -0.348 e. The van der Waals surface area contributed by atoms with Crippen LogP contribution in [0.5, 0.6) is 0 Å². The third-order valence-corrected chi connectivity index (χ3v) is 5.96. The molecule has 20 heavy (non-hydrogen) atoms. The summed E-state index contributed by atoms with van der Waals surface area (Å²) in [6.45, 7) is 7.69. The van der Waals surface area contributed by atoms with E-state index < -0.39 is 0 Å². The van der Waals surface area contributed by atoms with Crippen LogP contribution in [0.2, 0.25) is 0 Å². The molecule has 0 saturated heterocycles. The molecule has 1 aromatic heterocycles. The molecule has 2 rings (SSSR count). The monoisotopic (exact) mass is 295 g/mol. The maximum atomic E-state index is 4.64. The van der Waals surface area contributed by atoms with Crippen molar-refractivity contribution in [3.63, 3.8) is 0 Å². The molecule has 1 aliphatic carbocycles. The van der Waals surface area contributed by atoms with Crippen molar-refractivity contribution in [2.45, 2.75) is 65.0 Å². The Hall–Kier alpha value is -0.610. The zero-order valence-electron chi connectivity index (χ0n) is 13.4. The van der Waals surface area contributed by atoms with Crippen LogP contribution in [-0.4, -0.2) is 24.6 Å². The first kappa shape index (κ1) is 15.8. The van der Waals surface area contributed by atoms with Crippen molar-refractivity contribution < 1.29 is 0 Å². The number of anilines is 1. The summed E-state index contributed by atoms with van der Waals surface area (Å²) in [5.41, 5.74) is 0. The van der Waals surface area contributed by atoms with Crippen molar-refractivity contribution in [1.29, 1.82) is 0 Å². The molecule has 1 aliphatic rings. The number of thiazole rings is 1. The lowest BCUT2D eigenvalue weighted by Crippen LogP contribution is -2.35. The Bertz CT molecular complexity index is 396. The predicted octanol–water partition coefficient (Wildman–Crippen LogP) is 4.22. The van der Waals surface area contributed by atoms with Gasteiger partial charge in [0.05, 0.1) is 0 Å². The molecule has 0 aliphatic heterocycles. The van der Waals surface area contributed by atoms with Crippen LogP contribution in [0, 0.1) is 5.92 Å². The van der Waals surface area contributed by atoms with Gasteiger partial charge in [0.2, 0.25) is 0 Å². The van der Waals surface area contributed by atoms with Gasteiger partial charge < -0.3 is 10.2 Å². The van der Waals surface area contributed by atoms with Gasteiger partial charge in [-0.1, -0.05) is 20.3 Å². The molecule has 4 heteroatoms. The van der Waals surface area contributed by atoms with Gasteiger partial charge >= 0.3 is 0 Å². The topological polar surface area (TPSA) is 28.2 Å². The summed E-state index contributed by atoms with van der Waals surface area (Å²) in [4.78, 5) is 8.40. The second-order valence-corrected chi connectivity index (χ2v) is 7.06. The van der Waals surface area contributed by atoms with Gasteiger partial charge in [0.25, 0.3) is 0 Å². The maximum Gasteiger partial charge on any atom is 0.185 e. The first-order chi connectivity index (χ1) is 9.65. The minimum atomic E-state index is 0.412. The first-order valence-electron chi connectivity index (χ1n) is 8.07. The fraction of sp³-hybridized carbons (Fsp3) is 0.812. The van der Waals surface area contributed by atoms with Gasteiger partial charge in [-0.3, -0.25) is 0 Å². The lowest BCUT2D eigenvalue weighted by Gasteiger charge is -2.34. The molecule has 1 aromatic rings. The lowest BCUT2D eigenvalue weighted by atomic mass is 9.84. The van der Waals surface area contributed by atoms with E-state index in [1.54, 1.807) is 0 Å². The Morgan fingerprint density at radius 1 is 1.35 bits per heavy atom. The van der Waals surface area contributed by atoms with E-state index in [0.717, 1.165) is 12.5 Å². The Balaban J connectivity index is 1.94. The van der Waals surface area contributed by atoms with E-state index in [-0.39, 0.29) is 0 Å². The number of rotatable bonds is 6. The van der Waals surface area contributed by atoms with Crippen LogP contribution in [-0.2, 0) is 0 Å². The van der Waals surface area contributed by atoms with E-state index in [0.29, 0.717) is 12.1 Å². The Kier molecular flexibility index (Phi) is 5.85. The molecule has 0 amide bonds. The summed E-state index contributed by atoms with van der Waals surface area (Å²) in [5, 5.41) is 4.64. The molecule has 1 unspecified atom stereocenters. The molecule has 1 N–H and O–H groups in total. The van der Waals surface area contributed by atoms with Crippen molar-refractivity contribution in [2.24, 2.45) is 5.92 Å². The minimum absolute atomic E-state index is 0.412. The zero-order valence-corrected chi connectivity index (χ0v) is 14.2. The molecule has 1 atom stereocenters. The molecule has 0 aromatic carbocycles. The highest BCUT2D eigenvalue weighted by molar-refractivity contribution is 7.15. The normalized spacial score (nSPS) is 24.6. The summed E-state index contributed by atoms with van der Waals surface area (Å²) in [5.74, 6) is 0.959. The van der Waals surface area contributed by atoms with Gasteiger partial charge in [-0.2, -0.15) is 0 Å². The Labute approximate surface area is 127 Å². The average molecular weight is 295 g/mol. The lowest BCUT2D eigenvalue weighted by molar-refractivity contribution is 0.313. The second-order valence-electron chi connectivity index (χ2n) is 6.02. The average Bonchev–Trinajstić information content (AvgIpc) is 2.97. The summed E-state index contributed by atoms with van der Waals surface area (Å²) < 4.78 is 0. The molecule has 114 valence electrons. The van der Waals surface area contributed by atoms with E-state index in [1.165, 1.54) is 42.1 Å². The molecular formula is C16H29N3S. The van der Waals surface area contributed by atoms with Gasteiger partial charge in [-0.25, -0.2) is 4.98 Å². The highest BCUT2D eigenvalue weighted by Gasteiger charge is 2.24. The largest absolute Gasteiger partial charge is 0.348 e. The van der Waals surface area contributed by atoms with Crippen molar-refractivity contribution in [3.8, 4) is 0 Å². The van der Waals surface area contributed by atoms with Crippen LogP contribution >= 0.6 is 11.3 Å². The van der Waals surface area contributed by atoms with Gasteiger partial charge in [0, 0.05) is 30.2 Å². The summed E-state index contributed by atoms with van der Waals surface area (Å²) >= 11 is 1.84. The zero-order chi connectivity index (χ0) is 14.5. The van der Waals surface area contributed by atoms with E-state index in [9.17, 15) is 0 Å². The van der Waals surface area contributed by atoms with Crippen LogP contribution in [0.15, 0.2) is 6.20 Å². The Morgan fingerprint density at radius 2 is 2.05 bits per heavy atom. The fourth-order valence-corrected chi connectivity index (χ4v) is 4.12.